The predicted molar refractivity (Wildman–Crippen MR) is 102 cm³/mol. The summed E-state index contributed by atoms with van der Waals surface area (Å²) in [5.74, 6) is 0.364. The van der Waals surface area contributed by atoms with Gasteiger partial charge < -0.3 is 15.2 Å². The van der Waals surface area contributed by atoms with E-state index in [-0.39, 0.29) is 17.9 Å². The summed E-state index contributed by atoms with van der Waals surface area (Å²) in [4.78, 5) is 30.2. The number of hydrogen-bond donors (Lipinski definition) is 2. The number of hydrogen-bond acceptors (Lipinski definition) is 2. The molecule has 2 aliphatic rings. The van der Waals surface area contributed by atoms with Gasteiger partial charge in [-0.2, -0.15) is 0 Å². The molecule has 2 heterocycles. The van der Waals surface area contributed by atoms with Crippen LogP contribution in [0.4, 0.5) is 0 Å². The SMILES string of the molecule is O=C(NC1CCC(C(=O)N2CCCC2)CC1)c1cc2cc(Cl)ccc2[nH]1. The molecule has 1 aliphatic heterocycles. The zero-order chi connectivity index (χ0) is 18.1. The van der Waals surface area contributed by atoms with Crippen molar-refractivity contribution < 1.29 is 9.59 Å². The zero-order valence-corrected chi connectivity index (χ0v) is 15.5. The van der Waals surface area contributed by atoms with E-state index in [1.165, 1.54) is 0 Å². The second-order valence-corrected chi connectivity index (χ2v) is 7.91. The van der Waals surface area contributed by atoms with Gasteiger partial charge in [0, 0.05) is 41.0 Å². The van der Waals surface area contributed by atoms with E-state index in [0.29, 0.717) is 16.6 Å². The summed E-state index contributed by atoms with van der Waals surface area (Å²) in [6.07, 6.45) is 5.72. The molecular formula is C20H24ClN3O2. The van der Waals surface area contributed by atoms with Crippen molar-refractivity contribution in [2.75, 3.05) is 13.1 Å². The minimum atomic E-state index is -0.0911. The summed E-state index contributed by atoms with van der Waals surface area (Å²) in [6.45, 7) is 1.83. The molecule has 1 saturated heterocycles. The lowest BCUT2D eigenvalue weighted by molar-refractivity contribution is -0.135. The van der Waals surface area contributed by atoms with Gasteiger partial charge in [0.15, 0.2) is 0 Å². The molecule has 6 heteroatoms. The Labute approximate surface area is 158 Å². The van der Waals surface area contributed by atoms with Crippen LogP contribution in [0.25, 0.3) is 10.9 Å². The third-order valence-corrected chi connectivity index (χ3v) is 5.89. The molecule has 1 aromatic carbocycles. The number of fused-ring (bicyclic) bond motifs is 1. The number of rotatable bonds is 3. The fourth-order valence-corrected chi connectivity index (χ4v) is 4.35. The van der Waals surface area contributed by atoms with E-state index in [1.54, 1.807) is 6.07 Å². The van der Waals surface area contributed by atoms with Gasteiger partial charge in [-0.1, -0.05) is 11.6 Å². The third-order valence-electron chi connectivity index (χ3n) is 5.66. The minimum absolute atomic E-state index is 0.0911. The lowest BCUT2D eigenvalue weighted by Crippen LogP contribution is -2.41. The van der Waals surface area contributed by atoms with Gasteiger partial charge in [0.2, 0.25) is 5.91 Å². The standard InChI is InChI=1S/C20H24ClN3O2/c21-15-5-8-17-14(11-15)12-18(23-17)19(25)22-16-6-3-13(4-7-16)20(26)24-9-1-2-10-24/h5,8,11-13,16,23H,1-4,6-7,9-10H2,(H,22,25). The first-order valence-electron chi connectivity index (χ1n) is 9.48. The van der Waals surface area contributed by atoms with Crippen LogP contribution in [0.5, 0.6) is 0 Å². The molecule has 26 heavy (non-hydrogen) atoms. The molecule has 1 saturated carbocycles. The molecule has 1 aromatic heterocycles. The number of nitrogens with one attached hydrogen (secondary N) is 2. The van der Waals surface area contributed by atoms with Crippen molar-refractivity contribution in [2.24, 2.45) is 5.92 Å². The van der Waals surface area contributed by atoms with Crippen LogP contribution in [0.15, 0.2) is 24.3 Å². The highest BCUT2D eigenvalue weighted by Gasteiger charge is 2.31. The molecule has 0 atom stereocenters. The molecule has 2 aromatic rings. The van der Waals surface area contributed by atoms with E-state index >= 15 is 0 Å². The Balaban J connectivity index is 1.33. The molecule has 0 unspecified atom stereocenters. The summed E-state index contributed by atoms with van der Waals surface area (Å²) < 4.78 is 0. The molecule has 0 radical (unpaired) electrons. The summed E-state index contributed by atoms with van der Waals surface area (Å²) >= 11 is 6.00. The second kappa shape index (κ2) is 7.31. The molecular weight excluding hydrogens is 350 g/mol. The molecule has 2 N–H and O–H groups in total. The Morgan fingerprint density at radius 1 is 1.08 bits per heavy atom. The summed E-state index contributed by atoms with van der Waals surface area (Å²) in [7, 11) is 0. The monoisotopic (exact) mass is 373 g/mol. The van der Waals surface area contributed by atoms with Gasteiger partial charge in [-0.15, -0.1) is 0 Å². The molecule has 5 nitrogen and oxygen atoms in total. The Hall–Kier alpha value is -2.01. The number of carbonyl (C=O) groups is 2. The summed E-state index contributed by atoms with van der Waals surface area (Å²) in [5.41, 5.74) is 1.46. The number of halogens is 1. The molecule has 4 rings (SSSR count). The van der Waals surface area contributed by atoms with Gasteiger partial charge in [-0.3, -0.25) is 9.59 Å². The van der Waals surface area contributed by atoms with Crippen molar-refractivity contribution in [2.45, 2.75) is 44.6 Å². The van der Waals surface area contributed by atoms with E-state index in [0.717, 1.165) is 62.5 Å². The fourth-order valence-electron chi connectivity index (χ4n) is 4.17. The maximum atomic E-state index is 12.5. The molecule has 1 aliphatic carbocycles. The number of carbonyl (C=O) groups excluding carboxylic acids is 2. The molecule has 2 amide bonds. The van der Waals surface area contributed by atoms with E-state index in [4.69, 9.17) is 11.6 Å². The molecule has 0 bridgehead atoms. The van der Waals surface area contributed by atoms with Crippen molar-refractivity contribution >= 4 is 34.3 Å². The van der Waals surface area contributed by atoms with Crippen LogP contribution < -0.4 is 5.32 Å². The maximum absolute atomic E-state index is 12.5. The Bertz CT molecular complexity index is 818. The molecule has 2 fully saturated rings. The Morgan fingerprint density at radius 3 is 2.54 bits per heavy atom. The number of amides is 2. The average Bonchev–Trinajstić information content (AvgIpc) is 3.31. The lowest BCUT2D eigenvalue weighted by Gasteiger charge is -2.30. The van der Waals surface area contributed by atoms with Crippen molar-refractivity contribution in [1.82, 2.24) is 15.2 Å². The van der Waals surface area contributed by atoms with Crippen LogP contribution in [0.2, 0.25) is 5.02 Å². The maximum Gasteiger partial charge on any atom is 0.267 e. The number of aromatic amines is 1. The van der Waals surface area contributed by atoms with Crippen molar-refractivity contribution in [3.05, 3.63) is 35.0 Å². The van der Waals surface area contributed by atoms with Crippen molar-refractivity contribution in [3.63, 3.8) is 0 Å². The van der Waals surface area contributed by atoms with E-state index in [9.17, 15) is 9.59 Å². The first kappa shape index (κ1) is 17.4. The number of aromatic nitrogens is 1. The molecule has 138 valence electrons. The number of H-pyrrole nitrogens is 1. The summed E-state index contributed by atoms with van der Waals surface area (Å²) in [5, 5.41) is 4.70. The second-order valence-electron chi connectivity index (χ2n) is 7.47. The minimum Gasteiger partial charge on any atom is -0.351 e. The topological polar surface area (TPSA) is 65.2 Å². The van der Waals surface area contributed by atoms with Gasteiger partial charge in [0.1, 0.15) is 5.69 Å². The number of likely N-dealkylation sites (tertiary alicyclic amines) is 1. The van der Waals surface area contributed by atoms with Crippen LogP contribution in [0.1, 0.15) is 49.0 Å². The quantitative estimate of drug-likeness (QED) is 0.860. The van der Waals surface area contributed by atoms with Gasteiger partial charge in [-0.05, 0) is 62.8 Å². The smallest absolute Gasteiger partial charge is 0.267 e. The van der Waals surface area contributed by atoms with Crippen LogP contribution in [0, 0.1) is 5.92 Å². The Kier molecular flexibility index (Phi) is 4.90. The highest BCUT2D eigenvalue weighted by molar-refractivity contribution is 6.31. The third kappa shape index (κ3) is 3.58. The van der Waals surface area contributed by atoms with Gasteiger partial charge >= 0.3 is 0 Å². The zero-order valence-electron chi connectivity index (χ0n) is 14.8. The van der Waals surface area contributed by atoms with Crippen LogP contribution in [-0.4, -0.2) is 40.8 Å². The highest BCUT2D eigenvalue weighted by atomic mass is 35.5. The van der Waals surface area contributed by atoms with Gasteiger partial charge in [0.25, 0.3) is 5.91 Å². The number of nitrogens with zero attached hydrogens (tertiary/aromatic N) is 1. The fraction of sp³-hybridized carbons (Fsp3) is 0.500. The Morgan fingerprint density at radius 2 is 1.81 bits per heavy atom. The van der Waals surface area contributed by atoms with E-state index < -0.39 is 0 Å². The molecule has 0 spiro atoms. The number of benzene rings is 1. The van der Waals surface area contributed by atoms with Crippen LogP contribution in [-0.2, 0) is 4.79 Å². The van der Waals surface area contributed by atoms with Crippen LogP contribution in [0.3, 0.4) is 0 Å². The van der Waals surface area contributed by atoms with E-state index in [1.807, 2.05) is 23.1 Å². The first-order valence-corrected chi connectivity index (χ1v) is 9.86. The normalized spacial score (nSPS) is 23.3. The average molecular weight is 374 g/mol. The summed E-state index contributed by atoms with van der Waals surface area (Å²) in [6, 6.07) is 7.50. The van der Waals surface area contributed by atoms with Crippen molar-refractivity contribution in [3.8, 4) is 0 Å². The lowest BCUT2D eigenvalue weighted by atomic mass is 9.85. The van der Waals surface area contributed by atoms with Crippen LogP contribution >= 0.6 is 11.6 Å². The van der Waals surface area contributed by atoms with Gasteiger partial charge in [-0.25, -0.2) is 0 Å². The van der Waals surface area contributed by atoms with Gasteiger partial charge in [0.05, 0.1) is 0 Å². The largest absolute Gasteiger partial charge is 0.351 e. The first-order chi connectivity index (χ1) is 12.6. The highest BCUT2D eigenvalue weighted by Crippen LogP contribution is 2.28. The van der Waals surface area contributed by atoms with Crippen molar-refractivity contribution in [1.29, 1.82) is 0 Å². The van der Waals surface area contributed by atoms with E-state index in [2.05, 4.69) is 10.3 Å². The predicted octanol–water partition coefficient (Wildman–Crippen LogP) is 3.73.